The average molecular weight is 218 g/mol. The molecule has 0 fully saturated rings. The highest BCUT2D eigenvalue weighted by atomic mass is 35.5. The Balaban J connectivity index is 3.85. The summed E-state index contributed by atoms with van der Waals surface area (Å²) in [4.78, 5) is 0. The molecule has 0 aromatic carbocycles. The Morgan fingerprint density at radius 2 is 2.17 bits per heavy atom. The van der Waals surface area contributed by atoms with Crippen molar-refractivity contribution < 1.29 is 17.7 Å². The Morgan fingerprint density at radius 3 is 2.50 bits per heavy atom. The first-order chi connectivity index (χ1) is 5.52. The molecule has 1 N–H and O–H groups in total. The molecule has 0 aliphatic rings. The van der Waals surface area contributed by atoms with E-state index >= 15 is 0 Å². The van der Waals surface area contributed by atoms with Gasteiger partial charge in [-0.05, 0) is 6.42 Å². The highest BCUT2D eigenvalue weighted by Crippen LogP contribution is 1.99. The van der Waals surface area contributed by atoms with Gasteiger partial charge in [-0.3, -0.25) is 4.55 Å². The molecule has 0 radical (unpaired) electrons. The molecule has 0 amide bonds. The minimum Gasteiger partial charge on any atom is -0.365 e. The first kappa shape index (κ1) is 12.1. The van der Waals surface area contributed by atoms with E-state index in [4.69, 9.17) is 20.9 Å². The topological polar surface area (TPSA) is 66.8 Å². The molecule has 0 aliphatic carbocycles. The Labute approximate surface area is 77.1 Å². The molecule has 7 heteroatoms. The standard InChI is InChI=1S/C5H12ClNO4S/c1-2-3-11-5-7(4-6)12(8,9)10/h2-5H2,1H3,(H,8,9,10). The van der Waals surface area contributed by atoms with Crippen LogP contribution in [0.1, 0.15) is 13.3 Å². The number of rotatable bonds is 6. The Hall–Kier alpha value is 0.120. The van der Waals surface area contributed by atoms with Gasteiger partial charge in [-0.25, -0.2) is 0 Å². The van der Waals surface area contributed by atoms with Crippen molar-refractivity contribution in [1.82, 2.24) is 4.31 Å². The average Bonchev–Trinajstić information content (AvgIpc) is 1.95. The number of halogens is 1. The van der Waals surface area contributed by atoms with Crippen LogP contribution in [0.25, 0.3) is 0 Å². The lowest BCUT2D eigenvalue weighted by molar-refractivity contribution is 0.0745. The Kier molecular flexibility index (Phi) is 5.77. The van der Waals surface area contributed by atoms with Crippen LogP contribution in [-0.2, 0) is 15.0 Å². The molecule has 0 unspecified atom stereocenters. The second kappa shape index (κ2) is 5.71. The van der Waals surface area contributed by atoms with Crippen molar-refractivity contribution in [3.8, 4) is 0 Å². The second-order valence-electron chi connectivity index (χ2n) is 2.09. The highest BCUT2D eigenvalue weighted by molar-refractivity contribution is 7.83. The maximum absolute atomic E-state index is 10.5. The van der Waals surface area contributed by atoms with E-state index in [9.17, 15) is 8.42 Å². The van der Waals surface area contributed by atoms with Gasteiger partial charge in [-0.2, -0.15) is 8.42 Å². The fourth-order valence-corrected chi connectivity index (χ4v) is 1.24. The molecule has 0 spiro atoms. The molecular formula is C5H12ClNO4S. The van der Waals surface area contributed by atoms with Gasteiger partial charge in [0, 0.05) is 6.61 Å². The zero-order chi connectivity index (χ0) is 9.61. The third-order valence-electron chi connectivity index (χ3n) is 1.04. The summed E-state index contributed by atoms with van der Waals surface area (Å²) in [7, 11) is -4.22. The lowest BCUT2D eigenvalue weighted by atomic mass is 10.5. The van der Waals surface area contributed by atoms with Crippen LogP contribution in [0.15, 0.2) is 0 Å². The van der Waals surface area contributed by atoms with Crippen LogP contribution in [0.5, 0.6) is 0 Å². The van der Waals surface area contributed by atoms with E-state index < -0.39 is 10.3 Å². The maximum atomic E-state index is 10.5. The third-order valence-corrected chi connectivity index (χ3v) is 2.36. The molecule has 5 nitrogen and oxygen atoms in total. The van der Waals surface area contributed by atoms with Crippen molar-refractivity contribution in [2.45, 2.75) is 13.3 Å². The van der Waals surface area contributed by atoms with Gasteiger partial charge < -0.3 is 4.74 Å². The van der Waals surface area contributed by atoms with E-state index in [-0.39, 0.29) is 12.7 Å². The SMILES string of the molecule is CCCOCN(CCl)S(=O)(=O)O. The molecule has 0 heterocycles. The Bertz CT molecular complexity index is 205. The van der Waals surface area contributed by atoms with Gasteiger partial charge in [0.25, 0.3) is 0 Å². The molecule has 0 bridgehead atoms. The summed E-state index contributed by atoms with van der Waals surface area (Å²) < 4.78 is 34.9. The van der Waals surface area contributed by atoms with E-state index in [1.54, 1.807) is 0 Å². The van der Waals surface area contributed by atoms with E-state index in [2.05, 4.69) is 0 Å². The summed E-state index contributed by atoms with van der Waals surface area (Å²) in [5.41, 5.74) is 0. The number of hydrogen-bond donors (Lipinski definition) is 1. The predicted molar refractivity (Wildman–Crippen MR) is 45.2 cm³/mol. The summed E-state index contributed by atoms with van der Waals surface area (Å²) in [6, 6.07) is -0.317. The molecule has 74 valence electrons. The first-order valence-corrected chi connectivity index (χ1v) is 5.31. The zero-order valence-electron chi connectivity index (χ0n) is 6.73. The summed E-state index contributed by atoms with van der Waals surface area (Å²) in [5.74, 6) is 0. The predicted octanol–water partition coefficient (Wildman–Crippen LogP) is 0.672. The molecule has 0 aromatic rings. The van der Waals surface area contributed by atoms with Crippen molar-refractivity contribution in [2.75, 3.05) is 19.3 Å². The lowest BCUT2D eigenvalue weighted by Crippen LogP contribution is -2.31. The van der Waals surface area contributed by atoms with Crippen LogP contribution in [0, 0.1) is 0 Å². The monoisotopic (exact) mass is 217 g/mol. The summed E-state index contributed by atoms with van der Waals surface area (Å²) in [6.45, 7) is 2.11. The molecule has 0 saturated carbocycles. The minimum absolute atomic E-state index is 0.212. The van der Waals surface area contributed by atoms with Gasteiger partial charge in [0.1, 0.15) is 6.73 Å². The van der Waals surface area contributed by atoms with Crippen molar-refractivity contribution in [2.24, 2.45) is 0 Å². The van der Waals surface area contributed by atoms with E-state index in [1.165, 1.54) is 0 Å². The fourth-order valence-electron chi connectivity index (χ4n) is 0.473. The van der Waals surface area contributed by atoms with Crippen LogP contribution < -0.4 is 0 Å². The van der Waals surface area contributed by atoms with Crippen LogP contribution >= 0.6 is 11.6 Å². The van der Waals surface area contributed by atoms with E-state index in [1.807, 2.05) is 6.92 Å². The number of nitrogens with zero attached hydrogens (tertiary/aromatic N) is 1. The summed E-state index contributed by atoms with van der Waals surface area (Å²) in [6.07, 6.45) is 0.779. The van der Waals surface area contributed by atoms with Crippen LogP contribution in [0.3, 0.4) is 0 Å². The molecule has 12 heavy (non-hydrogen) atoms. The van der Waals surface area contributed by atoms with Crippen molar-refractivity contribution in [1.29, 1.82) is 0 Å². The summed E-state index contributed by atoms with van der Waals surface area (Å²) in [5, 5.41) is 0. The molecule has 0 aromatic heterocycles. The van der Waals surface area contributed by atoms with Crippen LogP contribution in [-0.4, -0.2) is 36.6 Å². The normalized spacial score (nSPS) is 12.3. The minimum atomic E-state index is -4.22. The number of alkyl halides is 1. The van der Waals surface area contributed by atoms with Gasteiger partial charge in [-0.15, -0.1) is 15.9 Å². The molecule has 0 atom stereocenters. The Morgan fingerprint density at radius 1 is 1.58 bits per heavy atom. The van der Waals surface area contributed by atoms with Crippen LogP contribution in [0.4, 0.5) is 0 Å². The second-order valence-corrected chi connectivity index (χ2v) is 3.74. The van der Waals surface area contributed by atoms with E-state index in [0.717, 1.165) is 6.42 Å². The fraction of sp³-hybridized carbons (Fsp3) is 1.00. The molecule has 0 saturated heterocycles. The maximum Gasteiger partial charge on any atom is 0.338 e. The quantitative estimate of drug-likeness (QED) is 0.234. The lowest BCUT2D eigenvalue weighted by Gasteiger charge is -2.14. The zero-order valence-corrected chi connectivity index (χ0v) is 8.31. The third kappa shape index (κ3) is 4.89. The van der Waals surface area contributed by atoms with Crippen molar-refractivity contribution >= 4 is 21.9 Å². The molecular weight excluding hydrogens is 206 g/mol. The number of ether oxygens (including phenoxy) is 1. The molecule has 0 rings (SSSR count). The van der Waals surface area contributed by atoms with Crippen molar-refractivity contribution in [3.63, 3.8) is 0 Å². The van der Waals surface area contributed by atoms with Gasteiger partial charge in [0.15, 0.2) is 0 Å². The van der Waals surface area contributed by atoms with Gasteiger partial charge in [-0.1, -0.05) is 6.92 Å². The molecule has 0 aliphatic heterocycles. The summed E-state index contributed by atoms with van der Waals surface area (Å²) >= 11 is 5.24. The highest BCUT2D eigenvalue weighted by Gasteiger charge is 2.16. The van der Waals surface area contributed by atoms with Crippen molar-refractivity contribution in [3.05, 3.63) is 0 Å². The largest absolute Gasteiger partial charge is 0.365 e. The smallest absolute Gasteiger partial charge is 0.338 e. The number of hydrogen-bond acceptors (Lipinski definition) is 3. The van der Waals surface area contributed by atoms with Gasteiger partial charge in [0.05, 0.1) is 6.00 Å². The van der Waals surface area contributed by atoms with Crippen LogP contribution in [0.2, 0.25) is 0 Å². The van der Waals surface area contributed by atoms with Gasteiger partial charge in [0.2, 0.25) is 0 Å². The van der Waals surface area contributed by atoms with Gasteiger partial charge >= 0.3 is 10.3 Å². The van der Waals surface area contributed by atoms with E-state index in [0.29, 0.717) is 10.9 Å². The first-order valence-electron chi connectivity index (χ1n) is 3.38.